The minimum atomic E-state index is 0.495. The van der Waals surface area contributed by atoms with Gasteiger partial charge in [-0.25, -0.2) is 0 Å². The first-order valence-electron chi connectivity index (χ1n) is 9.63. The lowest BCUT2D eigenvalue weighted by Crippen LogP contribution is -2.04. The Bertz CT molecular complexity index is 936. The first kappa shape index (κ1) is 21.0. The molecule has 0 fully saturated rings. The molecule has 0 spiro atoms. The number of hydrogen-bond acceptors (Lipinski definition) is 5. The lowest BCUT2D eigenvalue weighted by atomic mass is 10.2. The van der Waals surface area contributed by atoms with E-state index in [-0.39, 0.29) is 0 Å². The lowest BCUT2D eigenvalue weighted by Gasteiger charge is -2.10. The van der Waals surface area contributed by atoms with Crippen molar-refractivity contribution < 1.29 is 9.47 Å². The van der Waals surface area contributed by atoms with Gasteiger partial charge >= 0.3 is 0 Å². The van der Waals surface area contributed by atoms with Crippen molar-refractivity contribution in [3.63, 3.8) is 0 Å². The molecule has 152 valence electrons. The molecular formula is C23H27N3O2S. The molecule has 0 amide bonds. The average Bonchev–Trinajstić information content (AvgIpc) is 3.14. The summed E-state index contributed by atoms with van der Waals surface area (Å²) in [5.74, 6) is 3.83. The second-order valence-electron chi connectivity index (χ2n) is 7.07. The molecular weight excluding hydrogens is 382 g/mol. The van der Waals surface area contributed by atoms with Gasteiger partial charge in [-0.05, 0) is 47.9 Å². The van der Waals surface area contributed by atoms with Crippen LogP contribution in [0.1, 0.15) is 19.4 Å². The van der Waals surface area contributed by atoms with Gasteiger partial charge in [0.15, 0.2) is 11.0 Å². The van der Waals surface area contributed by atoms with Gasteiger partial charge in [0.25, 0.3) is 0 Å². The van der Waals surface area contributed by atoms with Crippen molar-refractivity contribution in [2.24, 2.45) is 5.92 Å². The smallest absolute Gasteiger partial charge is 0.192 e. The Balaban J connectivity index is 1.76. The molecule has 1 heterocycles. The monoisotopic (exact) mass is 409 g/mol. The van der Waals surface area contributed by atoms with E-state index in [1.165, 1.54) is 5.56 Å². The van der Waals surface area contributed by atoms with E-state index in [2.05, 4.69) is 41.3 Å². The summed E-state index contributed by atoms with van der Waals surface area (Å²) in [6.07, 6.45) is 1.86. The molecule has 5 nitrogen and oxygen atoms in total. The maximum atomic E-state index is 5.77. The minimum Gasteiger partial charge on any atom is -0.497 e. The van der Waals surface area contributed by atoms with Gasteiger partial charge in [-0.2, -0.15) is 0 Å². The van der Waals surface area contributed by atoms with Crippen molar-refractivity contribution in [3.05, 3.63) is 66.7 Å². The number of hydrogen-bond donors (Lipinski definition) is 0. The van der Waals surface area contributed by atoms with Crippen molar-refractivity contribution in [3.8, 4) is 22.9 Å². The number of rotatable bonds is 10. The quantitative estimate of drug-likeness (QED) is 0.328. The largest absolute Gasteiger partial charge is 0.497 e. The summed E-state index contributed by atoms with van der Waals surface area (Å²) >= 11 is 1.65. The van der Waals surface area contributed by atoms with Gasteiger partial charge in [-0.1, -0.05) is 43.8 Å². The fourth-order valence-corrected chi connectivity index (χ4v) is 3.67. The second kappa shape index (κ2) is 10.2. The van der Waals surface area contributed by atoms with Crippen LogP contribution in [0.5, 0.6) is 11.5 Å². The van der Waals surface area contributed by atoms with Gasteiger partial charge in [0.05, 0.1) is 13.7 Å². The molecule has 29 heavy (non-hydrogen) atoms. The highest BCUT2D eigenvalue weighted by atomic mass is 32.2. The molecule has 6 heteroatoms. The third-order valence-electron chi connectivity index (χ3n) is 4.23. The number of aromatic nitrogens is 3. The minimum absolute atomic E-state index is 0.495. The summed E-state index contributed by atoms with van der Waals surface area (Å²) in [5, 5.41) is 9.71. The molecule has 0 saturated heterocycles. The van der Waals surface area contributed by atoms with E-state index in [9.17, 15) is 0 Å². The molecule has 2 aromatic carbocycles. The van der Waals surface area contributed by atoms with Crippen LogP contribution >= 0.6 is 11.8 Å². The highest BCUT2D eigenvalue weighted by Gasteiger charge is 2.14. The lowest BCUT2D eigenvalue weighted by molar-refractivity contribution is 0.271. The Morgan fingerprint density at radius 1 is 1.10 bits per heavy atom. The molecule has 1 aromatic heterocycles. The van der Waals surface area contributed by atoms with E-state index in [0.717, 1.165) is 33.8 Å². The van der Waals surface area contributed by atoms with Gasteiger partial charge in [0.1, 0.15) is 11.5 Å². The number of ether oxygens (including phenoxy) is 2. The van der Waals surface area contributed by atoms with E-state index >= 15 is 0 Å². The standard InChI is InChI=1S/C23H27N3O2S/c1-5-13-26-22(19-9-11-20(12-10-19)28-15-17(2)3)24-25-23(26)29-16-18-7-6-8-21(14-18)27-4/h5-12,14,17H,1,13,15-16H2,2-4H3. The molecule has 3 aromatic rings. The third-order valence-corrected chi connectivity index (χ3v) is 5.26. The zero-order valence-electron chi connectivity index (χ0n) is 17.2. The molecule has 3 rings (SSSR count). The number of allylic oxidation sites excluding steroid dienone is 1. The van der Waals surface area contributed by atoms with Crippen molar-refractivity contribution in [2.45, 2.75) is 31.3 Å². The zero-order valence-corrected chi connectivity index (χ0v) is 18.0. The zero-order chi connectivity index (χ0) is 20.6. The van der Waals surface area contributed by atoms with Gasteiger partial charge in [0.2, 0.25) is 0 Å². The molecule has 0 aliphatic heterocycles. The van der Waals surface area contributed by atoms with E-state index in [1.807, 2.05) is 48.5 Å². The van der Waals surface area contributed by atoms with Crippen molar-refractivity contribution in [2.75, 3.05) is 13.7 Å². The molecule has 0 aliphatic rings. The first-order chi connectivity index (χ1) is 14.1. The Hall–Kier alpha value is -2.73. The summed E-state index contributed by atoms with van der Waals surface area (Å²) < 4.78 is 13.2. The Labute approximate surface area is 176 Å². The van der Waals surface area contributed by atoms with Crippen LogP contribution in [-0.2, 0) is 12.3 Å². The SMILES string of the molecule is C=CCn1c(SCc2cccc(OC)c2)nnc1-c1ccc(OCC(C)C)cc1. The van der Waals surface area contributed by atoms with Crippen LogP contribution in [0.4, 0.5) is 0 Å². The fraction of sp³-hybridized carbons (Fsp3) is 0.304. The second-order valence-corrected chi connectivity index (χ2v) is 8.02. The summed E-state index contributed by atoms with van der Waals surface area (Å²) in [7, 11) is 1.68. The maximum absolute atomic E-state index is 5.77. The Kier molecular flexibility index (Phi) is 7.36. The molecule has 0 aliphatic carbocycles. The van der Waals surface area contributed by atoms with Crippen LogP contribution in [-0.4, -0.2) is 28.5 Å². The van der Waals surface area contributed by atoms with Crippen LogP contribution in [0.2, 0.25) is 0 Å². The Morgan fingerprint density at radius 2 is 1.90 bits per heavy atom. The third kappa shape index (κ3) is 5.64. The van der Waals surface area contributed by atoms with Gasteiger partial charge in [-0.15, -0.1) is 16.8 Å². The van der Waals surface area contributed by atoms with Gasteiger partial charge in [0, 0.05) is 17.9 Å². The number of methoxy groups -OCH3 is 1. The number of benzene rings is 2. The molecule has 0 atom stereocenters. The molecule has 0 bridgehead atoms. The van der Waals surface area contributed by atoms with Crippen LogP contribution in [0.25, 0.3) is 11.4 Å². The van der Waals surface area contributed by atoms with E-state index in [1.54, 1.807) is 18.9 Å². The summed E-state index contributed by atoms with van der Waals surface area (Å²) in [6.45, 7) is 9.51. The molecule has 0 radical (unpaired) electrons. The van der Waals surface area contributed by atoms with Gasteiger partial charge in [-0.3, -0.25) is 4.57 Å². The summed E-state index contributed by atoms with van der Waals surface area (Å²) in [6, 6.07) is 16.1. The van der Waals surface area contributed by atoms with Crippen molar-refractivity contribution >= 4 is 11.8 Å². The average molecular weight is 410 g/mol. The van der Waals surface area contributed by atoms with Crippen molar-refractivity contribution in [1.82, 2.24) is 14.8 Å². The van der Waals surface area contributed by atoms with Crippen LogP contribution < -0.4 is 9.47 Å². The summed E-state index contributed by atoms with van der Waals surface area (Å²) in [5.41, 5.74) is 2.18. The van der Waals surface area contributed by atoms with Crippen LogP contribution in [0, 0.1) is 5.92 Å². The van der Waals surface area contributed by atoms with Crippen LogP contribution in [0.15, 0.2) is 66.3 Å². The van der Waals surface area contributed by atoms with E-state index < -0.39 is 0 Å². The fourth-order valence-electron chi connectivity index (χ4n) is 2.78. The molecule has 0 unspecified atom stereocenters. The maximum Gasteiger partial charge on any atom is 0.192 e. The highest BCUT2D eigenvalue weighted by Crippen LogP contribution is 2.28. The van der Waals surface area contributed by atoms with Crippen molar-refractivity contribution in [1.29, 1.82) is 0 Å². The summed E-state index contributed by atoms with van der Waals surface area (Å²) in [4.78, 5) is 0. The predicted molar refractivity (Wildman–Crippen MR) is 119 cm³/mol. The van der Waals surface area contributed by atoms with E-state index in [0.29, 0.717) is 19.1 Å². The molecule has 0 N–H and O–H groups in total. The normalized spacial score (nSPS) is 10.9. The topological polar surface area (TPSA) is 49.2 Å². The van der Waals surface area contributed by atoms with E-state index in [4.69, 9.17) is 9.47 Å². The number of nitrogens with zero attached hydrogens (tertiary/aromatic N) is 3. The first-order valence-corrected chi connectivity index (χ1v) is 10.6. The highest BCUT2D eigenvalue weighted by molar-refractivity contribution is 7.98. The predicted octanol–water partition coefficient (Wildman–Crippen LogP) is 5.47. The molecule has 0 saturated carbocycles. The van der Waals surface area contributed by atoms with Gasteiger partial charge < -0.3 is 9.47 Å². The Morgan fingerprint density at radius 3 is 2.59 bits per heavy atom. The van der Waals surface area contributed by atoms with Crippen LogP contribution in [0.3, 0.4) is 0 Å². The number of thioether (sulfide) groups is 1.